The lowest BCUT2D eigenvalue weighted by molar-refractivity contribution is 0.0635. The molecule has 1 aliphatic heterocycles. The smallest absolute Gasteiger partial charge is 0.261 e. The van der Waals surface area contributed by atoms with Crippen molar-refractivity contribution in [3.63, 3.8) is 0 Å². The van der Waals surface area contributed by atoms with Crippen LogP contribution in [0.25, 0.3) is 0 Å². The first-order valence-electron chi connectivity index (χ1n) is 9.21. The average molecular weight is 456 g/mol. The van der Waals surface area contributed by atoms with E-state index in [9.17, 15) is 13.2 Å². The molecule has 156 valence electrons. The van der Waals surface area contributed by atoms with Gasteiger partial charge in [-0.1, -0.05) is 29.3 Å². The molecule has 0 saturated carbocycles. The molecule has 1 amide bonds. The molecule has 1 N–H and O–H groups in total. The lowest BCUT2D eigenvalue weighted by atomic mass is 10.0. The highest BCUT2D eigenvalue weighted by Crippen LogP contribution is 2.26. The van der Waals surface area contributed by atoms with Crippen LogP contribution in [0.15, 0.2) is 47.4 Å². The predicted molar refractivity (Wildman–Crippen MR) is 116 cm³/mol. The van der Waals surface area contributed by atoms with Gasteiger partial charge in [-0.2, -0.15) is 0 Å². The summed E-state index contributed by atoms with van der Waals surface area (Å²) in [4.78, 5) is 16.9. The molecule has 2 aromatic carbocycles. The molecule has 9 heteroatoms. The molecule has 1 saturated heterocycles. The summed E-state index contributed by atoms with van der Waals surface area (Å²) >= 11 is 11.8. The number of benzene rings is 2. The summed E-state index contributed by atoms with van der Waals surface area (Å²) in [6.45, 7) is 1.35. The topological polar surface area (TPSA) is 69.7 Å². The van der Waals surface area contributed by atoms with Gasteiger partial charge < -0.3 is 9.80 Å². The summed E-state index contributed by atoms with van der Waals surface area (Å²) in [5.74, 6) is -0.105. The van der Waals surface area contributed by atoms with Crippen molar-refractivity contribution < 1.29 is 13.2 Å². The Balaban J connectivity index is 1.78. The van der Waals surface area contributed by atoms with Gasteiger partial charge in [0, 0.05) is 30.4 Å². The van der Waals surface area contributed by atoms with Gasteiger partial charge in [0.2, 0.25) is 0 Å². The van der Waals surface area contributed by atoms with E-state index >= 15 is 0 Å². The number of amides is 1. The number of carbonyl (C=O) groups excluding carboxylic acids is 1. The quantitative estimate of drug-likeness (QED) is 0.740. The fourth-order valence-corrected chi connectivity index (χ4v) is 4.76. The number of hydrogen-bond acceptors (Lipinski definition) is 4. The maximum absolute atomic E-state index is 12.9. The monoisotopic (exact) mass is 455 g/mol. The molecular formula is C20H23Cl2N3O3S. The van der Waals surface area contributed by atoms with Gasteiger partial charge >= 0.3 is 0 Å². The molecule has 1 heterocycles. The first-order valence-corrected chi connectivity index (χ1v) is 11.4. The number of halogens is 2. The molecule has 1 aliphatic rings. The van der Waals surface area contributed by atoms with Crippen LogP contribution in [0.1, 0.15) is 23.2 Å². The Morgan fingerprint density at radius 1 is 1.14 bits per heavy atom. The number of carbonyl (C=O) groups is 1. The van der Waals surface area contributed by atoms with Crippen molar-refractivity contribution in [1.29, 1.82) is 0 Å². The Morgan fingerprint density at radius 2 is 1.90 bits per heavy atom. The van der Waals surface area contributed by atoms with E-state index in [1.807, 2.05) is 19.0 Å². The van der Waals surface area contributed by atoms with E-state index in [-0.39, 0.29) is 20.8 Å². The molecule has 1 fully saturated rings. The van der Waals surface area contributed by atoms with Crippen LogP contribution in [-0.2, 0) is 10.0 Å². The molecule has 0 aliphatic carbocycles. The maximum atomic E-state index is 12.9. The Hall–Kier alpha value is -1.80. The number of likely N-dealkylation sites (N-methyl/N-ethyl adjacent to an activating group) is 1. The van der Waals surface area contributed by atoms with Crippen LogP contribution in [0, 0.1) is 0 Å². The number of anilines is 1. The van der Waals surface area contributed by atoms with Crippen molar-refractivity contribution in [1.82, 2.24) is 9.80 Å². The van der Waals surface area contributed by atoms with E-state index in [0.29, 0.717) is 30.4 Å². The molecular weight excluding hydrogens is 433 g/mol. The van der Waals surface area contributed by atoms with Crippen molar-refractivity contribution in [3.8, 4) is 0 Å². The van der Waals surface area contributed by atoms with Crippen molar-refractivity contribution in [3.05, 3.63) is 58.1 Å². The minimum absolute atomic E-state index is 0.00603. The van der Waals surface area contributed by atoms with Crippen molar-refractivity contribution in [2.45, 2.75) is 23.8 Å². The van der Waals surface area contributed by atoms with E-state index < -0.39 is 10.0 Å². The van der Waals surface area contributed by atoms with Crippen molar-refractivity contribution in [2.24, 2.45) is 0 Å². The fraction of sp³-hybridized carbons (Fsp3) is 0.350. The molecule has 0 aromatic heterocycles. The van der Waals surface area contributed by atoms with Crippen LogP contribution < -0.4 is 4.72 Å². The third kappa shape index (κ3) is 5.22. The number of hydrogen-bond donors (Lipinski definition) is 1. The van der Waals surface area contributed by atoms with Crippen LogP contribution >= 0.6 is 23.2 Å². The van der Waals surface area contributed by atoms with Crippen molar-refractivity contribution >= 4 is 44.8 Å². The molecule has 1 unspecified atom stereocenters. The first-order chi connectivity index (χ1) is 13.7. The summed E-state index contributed by atoms with van der Waals surface area (Å²) < 4.78 is 27.8. The van der Waals surface area contributed by atoms with Gasteiger partial charge in [0.05, 0.1) is 14.9 Å². The van der Waals surface area contributed by atoms with Gasteiger partial charge in [0.1, 0.15) is 0 Å². The minimum Gasteiger partial charge on any atom is -0.337 e. The number of nitrogens with one attached hydrogen (secondary N) is 1. The highest BCUT2D eigenvalue weighted by Gasteiger charge is 2.26. The third-order valence-electron chi connectivity index (χ3n) is 4.98. The van der Waals surface area contributed by atoms with Crippen LogP contribution in [0.5, 0.6) is 0 Å². The van der Waals surface area contributed by atoms with Crippen molar-refractivity contribution in [2.75, 3.05) is 31.9 Å². The summed E-state index contributed by atoms with van der Waals surface area (Å²) in [6, 6.07) is 10.9. The number of likely N-dealkylation sites (tertiary alicyclic amines) is 1. The largest absolute Gasteiger partial charge is 0.337 e. The fourth-order valence-electron chi connectivity index (χ4n) is 3.32. The number of sulfonamides is 1. The molecule has 29 heavy (non-hydrogen) atoms. The zero-order valence-electron chi connectivity index (χ0n) is 16.2. The van der Waals surface area contributed by atoms with E-state index in [1.165, 1.54) is 18.2 Å². The zero-order valence-corrected chi connectivity index (χ0v) is 18.6. The van der Waals surface area contributed by atoms with E-state index in [4.69, 9.17) is 23.2 Å². The number of piperidine rings is 1. The van der Waals surface area contributed by atoms with Gasteiger partial charge in [-0.25, -0.2) is 8.42 Å². The molecule has 1 atom stereocenters. The van der Waals surface area contributed by atoms with E-state index in [1.54, 1.807) is 24.3 Å². The molecule has 6 nitrogen and oxygen atoms in total. The highest BCUT2D eigenvalue weighted by atomic mass is 35.5. The number of nitrogens with zero attached hydrogens (tertiary/aromatic N) is 2. The molecule has 0 bridgehead atoms. The normalized spacial score (nSPS) is 17.4. The molecule has 2 aromatic rings. The lowest BCUT2D eigenvalue weighted by Crippen LogP contribution is -2.47. The highest BCUT2D eigenvalue weighted by molar-refractivity contribution is 7.92. The van der Waals surface area contributed by atoms with Gasteiger partial charge in [-0.3, -0.25) is 9.52 Å². The summed E-state index contributed by atoms with van der Waals surface area (Å²) in [5, 5.41) is 0.426. The second kappa shape index (κ2) is 8.92. The maximum Gasteiger partial charge on any atom is 0.261 e. The Kier molecular flexibility index (Phi) is 6.73. The second-order valence-corrected chi connectivity index (χ2v) is 9.77. The van der Waals surface area contributed by atoms with Gasteiger partial charge in [-0.05, 0) is 63.3 Å². The standard InChI is InChI=1S/C20H23Cl2N3O3S/c1-24(2)16-7-4-10-25(13-16)20(26)14-5-3-6-15(11-14)23-29(27,28)17-8-9-18(21)19(22)12-17/h3,5-6,8-9,11-12,16,23H,4,7,10,13H2,1-2H3. The molecule has 0 radical (unpaired) electrons. The SMILES string of the molecule is CN(C)C1CCCN(C(=O)c2cccc(NS(=O)(=O)c3ccc(Cl)c(Cl)c3)c2)C1. The molecule has 0 spiro atoms. The lowest BCUT2D eigenvalue weighted by Gasteiger charge is -2.36. The van der Waals surface area contributed by atoms with E-state index in [2.05, 4.69) is 9.62 Å². The molecule has 3 rings (SSSR count). The van der Waals surface area contributed by atoms with Crippen LogP contribution in [0.3, 0.4) is 0 Å². The van der Waals surface area contributed by atoms with Crippen LogP contribution in [0.2, 0.25) is 10.0 Å². The number of rotatable bonds is 5. The van der Waals surface area contributed by atoms with Gasteiger partial charge in [-0.15, -0.1) is 0 Å². The summed E-state index contributed by atoms with van der Waals surface area (Å²) in [7, 11) is 0.157. The van der Waals surface area contributed by atoms with E-state index in [0.717, 1.165) is 12.8 Å². The Bertz CT molecular complexity index is 1010. The summed E-state index contributed by atoms with van der Waals surface area (Å²) in [6.07, 6.45) is 2.00. The van der Waals surface area contributed by atoms with Crippen LogP contribution in [0.4, 0.5) is 5.69 Å². The second-order valence-electron chi connectivity index (χ2n) is 7.27. The third-order valence-corrected chi connectivity index (χ3v) is 7.10. The first kappa shape index (κ1) is 21.9. The zero-order chi connectivity index (χ0) is 21.2. The minimum atomic E-state index is -3.86. The predicted octanol–water partition coefficient (Wildman–Crippen LogP) is 3.96. The Labute approximate surface area is 181 Å². The van der Waals surface area contributed by atoms with Gasteiger partial charge in [0.25, 0.3) is 15.9 Å². The van der Waals surface area contributed by atoms with Gasteiger partial charge in [0.15, 0.2) is 0 Å². The average Bonchev–Trinajstić information content (AvgIpc) is 2.69. The van der Waals surface area contributed by atoms with Crippen LogP contribution in [-0.4, -0.2) is 57.4 Å². The Morgan fingerprint density at radius 3 is 2.59 bits per heavy atom. The summed E-state index contributed by atoms with van der Waals surface area (Å²) in [5.41, 5.74) is 0.752.